The summed E-state index contributed by atoms with van der Waals surface area (Å²) >= 11 is 7.91. The highest BCUT2D eigenvalue weighted by atomic mass is 127. The van der Waals surface area contributed by atoms with Crippen LogP contribution in [0, 0.1) is 3.57 Å². The molecule has 1 aromatic carbocycles. The molecule has 6 nitrogen and oxygen atoms in total. The molecule has 1 saturated heterocycles. The predicted molar refractivity (Wildman–Crippen MR) is 92.8 cm³/mol. The number of imide groups is 1. The summed E-state index contributed by atoms with van der Waals surface area (Å²) in [6.07, 6.45) is 4.05. The van der Waals surface area contributed by atoms with Crippen LogP contribution in [0.2, 0.25) is 5.02 Å². The summed E-state index contributed by atoms with van der Waals surface area (Å²) in [5.74, 6) is -0.916. The molecule has 2 aliphatic rings. The van der Waals surface area contributed by atoms with Crippen molar-refractivity contribution in [2.45, 2.75) is 37.6 Å². The van der Waals surface area contributed by atoms with Crippen molar-refractivity contribution in [3.63, 3.8) is 0 Å². The Morgan fingerprint density at radius 2 is 1.96 bits per heavy atom. The van der Waals surface area contributed by atoms with E-state index in [1.165, 1.54) is 6.07 Å². The fourth-order valence-electron chi connectivity index (χ4n) is 3.05. The first-order chi connectivity index (χ1) is 10.9. The van der Waals surface area contributed by atoms with Crippen molar-refractivity contribution >= 4 is 52.0 Å². The molecule has 0 atom stereocenters. The van der Waals surface area contributed by atoms with Gasteiger partial charge >= 0.3 is 6.03 Å². The van der Waals surface area contributed by atoms with Crippen molar-refractivity contribution in [3.05, 3.63) is 32.4 Å². The Hall–Kier alpha value is -1.35. The van der Waals surface area contributed by atoms with E-state index < -0.39 is 17.5 Å². The maximum atomic E-state index is 12.6. The number of hydrogen-bond donors (Lipinski definition) is 2. The molecule has 4 amide bonds. The number of benzene rings is 1. The molecule has 1 aliphatic heterocycles. The van der Waals surface area contributed by atoms with E-state index in [0.29, 0.717) is 27.0 Å². The van der Waals surface area contributed by atoms with Crippen molar-refractivity contribution in [2.24, 2.45) is 0 Å². The van der Waals surface area contributed by atoms with Crippen LogP contribution in [0.25, 0.3) is 0 Å². The zero-order valence-electron chi connectivity index (χ0n) is 12.2. The van der Waals surface area contributed by atoms with Crippen molar-refractivity contribution in [3.8, 4) is 0 Å². The number of amides is 4. The first-order valence-corrected chi connectivity index (χ1v) is 8.81. The molecule has 23 heavy (non-hydrogen) atoms. The van der Waals surface area contributed by atoms with Gasteiger partial charge in [0.2, 0.25) is 0 Å². The van der Waals surface area contributed by atoms with E-state index in [-0.39, 0.29) is 5.91 Å². The first kappa shape index (κ1) is 16.5. The molecule has 2 fully saturated rings. The summed E-state index contributed by atoms with van der Waals surface area (Å²) in [6.45, 7) is 0. The van der Waals surface area contributed by atoms with Gasteiger partial charge in [-0.3, -0.25) is 15.0 Å². The SMILES string of the molecule is O=C(NN1C(=O)NC2(CCCCC2)C1=O)c1cc(Cl)ccc1I. The largest absolute Gasteiger partial charge is 0.344 e. The van der Waals surface area contributed by atoms with E-state index in [9.17, 15) is 14.4 Å². The minimum atomic E-state index is -0.857. The Morgan fingerprint density at radius 3 is 2.65 bits per heavy atom. The number of hydrogen-bond acceptors (Lipinski definition) is 3. The summed E-state index contributed by atoms with van der Waals surface area (Å²) in [7, 11) is 0. The zero-order valence-corrected chi connectivity index (χ0v) is 15.1. The molecule has 122 valence electrons. The summed E-state index contributed by atoms with van der Waals surface area (Å²) in [6, 6.07) is 4.30. The third-order valence-corrected chi connectivity index (χ3v) is 5.43. The fraction of sp³-hybridized carbons (Fsp3) is 0.400. The molecule has 1 spiro atoms. The van der Waals surface area contributed by atoms with Gasteiger partial charge in [-0.1, -0.05) is 30.9 Å². The fourth-order valence-corrected chi connectivity index (χ4v) is 3.80. The van der Waals surface area contributed by atoms with Gasteiger partial charge in [0.15, 0.2) is 0 Å². The average Bonchev–Trinajstić information content (AvgIpc) is 2.74. The minimum Gasteiger partial charge on any atom is -0.322 e. The average molecular weight is 448 g/mol. The van der Waals surface area contributed by atoms with Crippen molar-refractivity contribution in [1.29, 1.82) is 0 Å². The molecule has 8 heteroatoms. The predicted octanol–water partition coefficient (Wildman–Crippen LogP) is 2.84. The van der Waals surface area contributed by atoms with Gasteiger partial charge in [0.05, 0.1) is 5.56 Å². The Bertz CT molecular complexity index is 689. The second-order valence-corrected chi connectivity index (χ2v) is 7.38. The summed E-state index contributed by atoms with van der Waals surface area (Å²) in [5, 5.41) is 3.96. The smallest absolute Gasteiger partial charge is 0.322 e. The van der Waals surface area contributed by atoms with Crippen LogP contribution >= 0.6 is 34.2 Å². The van der Waals surface area contributed by atoms with E-state index >= 15 is 0 Å². The monoisotopic (exact) mass is 447 g/mol. The molecule has 0 aromatic heterocycles. The van der Waals surface area contributed by atoms with Crippen molar-refractivity contribution in [1.82, 2.24) is 15.8 Å². The Balaban J connectivity index is 1.80. The number of nitrogens with one attached hydrogen (secondary N) is 2. The molecule has 1 saturated carbocycles. The number of carbonyl (C=O) groups excluding carboxylic acids is 3. The Morgan fingerprint density at radius 1 is 1.26 bits per heavy atom. The van der Waals surface area contributed by atoms with Crippen LogP contribution in [0.5, 0.6) is 0 Å². The highest BCUT2D eigenvalue weighted by Gasteiger charge is 2.52. The van der Waals surface area contributed by atoms with Gasteiger partial charge in [0, 0.05) is 8.59 Å². The Kier molecular flexibility index (Phi) is 4.50. The molecule has 1 heterocycles. The van der Waals surface area contributed by atoms with E-state index in [0.717, 1.165) is 24.3 Å². The van der Waals surface area contributed by atoms with E-state index in [4.69, 9.17) is 11.6 Å². The van der Waals surface area contributed by atoms with Crippen LogP contribution < -0.4 is 10.7 Å². The van der Waals surface area contributed by atoms with E-state index in [1.54, 1.807) is 12.1 Å². The summed E-state index contributed by atoms with van der Waals surface area (Å²) in [5.41, 5.74) is 1.87. The number of urea groups is 1. The summed E-state index contributed by atoms with van der Waals surface area (Å²) < 4.78 is 0.684. The maximum Gasteiger partial charge on any atom is 0.344 e. The van der Waals surface area contributed by atoms with Crippen LogP contribution in [-0.2, 0) is 4.79 Å². The lowest BCUT2D eigenvalue weighted by atomic mass is 9.82. The molecule has 0 unspecified atom stereocenters. The number of hydrazine groups is 1. The van der Waals surface area contributed by atoms with Gasteiger partial charge < -0.3 is 5.32 Å². The molecular formula is C15H15ClIN3O3. The molecule has 2 N–H and O–H groups in total. The second kappa shape index (κ2) is 6.27. The third kappa shape index (κ3) is 3.03. The lowest BCUT2D eigenvalue weighted by Crippen LogP contribution is -2.51. The second-order valence-electron chi connectivity index (χ2n) is 5.78. The zero-order chi connectivity index (χ0) is 16.6. The van der Waals surface area contributed by atoms with Gasteiger partial charge in [0.25, 0.3) is 11.8 Å². The highest BCUT2D eigenvalue weighted by Crippen LogP contribution is 2.33. The number of rotatable bonds is 2. The normalized spacial score (nSPS) is 19.8. The topological polar surface area (TPSA) is 78.5 Å². The van der Waals surface area contributed by atoms with Gasteiger partial charge in [-0.05, 0) is 53.6 Å². The minimum absolute atomic E-state index is 0.322. The number of halogens is 2. The van der Waals surface area contributed by atoms with Crippen molar-refractivity contribution in [2.75, 3.05) is 0 Å². The van der Waals surface area contributed by atoms with Gasteiger partial charge in [-0.2, -0.15) is 5.01 Å². The quantitative estimate of drug-likeness (QED) is 0.541. The molecule has 0 bridgehead atoms. The standard InChI is InChI=1S/C15H15ClIN3O3/c16-9-4-5-11(17)10(8-9)12(21)19-20-13(22)15(18-14(20)23)6-2-1-3-7-15/h4-5,8H,1-3,6-7H2,(H,18,23)(H,19,21). The van der Waals surface area contributed by atoms with Crippen LogP contribution in [0.3, 0.4) is 0 Å². The molecule has 1 aromatic rings. The lowest BCUT2D eigenvalue weighted by Gasteiger charge is -2.30. The van der Waals surface area contributed by atoms with E-state index in [1.807, 2.05) is 22.6 Å². The molecule has 1 aliphatic carbocycles. The van der Waals surface area contributed by atoms with E-state index in [2.05, 4.69) is 10.7 Å². The van der Waals surface area contributed by atoms with Crippen LogP contribution in [0.4, 0.5) is 4.79 Å². The molecular weight excluding hydrogens is 433 g/mol. The number of nitrogens with zero attached hydrogens (tertiary/aromatic N) is 1. The van der Waals surface area contributed by atoms with Gasteiger partial charge in [-0.25, -0.2) is 4.79 Å². The first-order valence-electron chi connectivity index (χ1n) is 7.36. The van der Waals surface area contributed by atoms with Crippen LogP contribution in [0.15, 0.2) is 18.2 Å². The third-order valence-electron chi connectivity index (χ3n) is 4.26. The maximum absolute atomic E-state index is 12.6. The van der Waals surface area contributed by atoms with Crippen LogP contribution in [-0.4, -0.2) is 28.4 Å². The molecule has 0 radical (unpaired) electrons. The van der Waals surface area contributed by atoms with Gasteiger partial charge in [0.1, 0.15) is 5.54 Å². The van der Waals surface area contributed by atoms with Gasteiger partial charge in [-0.15, -0.1) is 0 Å². The summed E-state index contributed by atoms with van der Waals surface area (Å²) in [4.78, 5) is 37.1. The number of carbonyl (C=O) groups is 3. The molecule has 3 rings (SSSR count). The lowest BCUT2D eigenvalue weighted by molar-refractivity contribution is -0.134. The highest BCUT2D eigenvalue weighted by molar-refractivity contribution is 14.1. The Labute approximate surface area is 152 Å². The van der Waals surface area contributed by atoms with Crippen LogP contribution in [0.1, 0.15) is 42.5 Å². The van der Waals surface area contributed by atoms with Crippen molar-refractivity contribution < 1.29 is 14.4 Å².